The number of aryl methyl sites for hydroxylation is 1. The van der Waals surface area contributed by atoms with E-state index in [1.54, 1.807) is 0 Å². The summed E-state index contributed by atoms with van der Waals surface area (Å²) >= 11 is 0. The van der Waals surface area contributed by atoms with Crippen LogP contribution in [0.1, 0.15) is 28.4 Å². The fraction of sp³-hybridized carbons (Fsp3) is 0.250. The molecule has 3 nitrogen and oxygen atoms in total. The van der Waals surface area contributed by atoms with Crippen molar-refractivity contribution in [2.45, 2.75) is 25.5 Å². The largest absolute Gasteiger partial charge is 0.470 e. The summed E-state index contributed by atoms with van der Waals surface area (Å²) in [7, 11) is 0. The number of fused-ring (bicyclic) bond motifs is 3. The van der Waals surface area contributed by atoms with Crippen molar-refractivity contribution in [2.24, 2.45) is 4.99 Å². The van der Waals surface area contributed by atoms with Gasteiger partial charge in [0.2, 0.25) is 5.90 Å². The first kappa shape index (κ1) is 10.7. The van der Waals surface area contributed by atoms with Gasteiger partial charge in [-0.15, -0.1) is 0 Å². The Bertz CT molecular complexity index is 661. The van der Waals surface area contributed by atoms with Crippen LogP contribution in [0.2, 0.25) is 0 Å². The predicted octanol–water partition coefficient (Wildman–Crippen LogP) is 2.83. The molecule has 2 aliphatic rings. The Morgan fingerprint density at radius 3 is 2.89 bits per heavy atom. The molecule has 0 bridgehead atoms. The molecule has 0 spiro atoms. The first-order chi connectivity index (χ1) is 9.31. The fourth-order valence-corrected chi connectivity index (χ4v) is 2.82. The maximum atomic E-state index is 5.98. The summed E-state index contributed by atoms with van der Waals surface area (Å²) in [5.41, 5.74) is 4.64. The zero-order chi connectivity index (χ0) is 12.8. The van der Waals surface area contributed by atoms with Crippen molar-refractivity contribution < 1.29 is 4.74 Å². The molecule has 0 saturated carbocycles. The van der Waals surface area contributed by atoms with E-state index >= 15 is 0 Å². The summed E-state index contributed by atoms with van der Waals surface area (Å²) in [6, 6.07) is 12.6. The molecule has 0 N–H and O–H groups in total. The highest BCUT2D eigenvalue weighted by atomic mass is 16.5. The van der Waals surface area contributed by atoms with Gasteiger partial charge in [0.15, 0.2) is 0 Å². The molecule has 19 heavy (non-hydrogen) atoms. The van der Waals surface area contributed by atoms with Crippen LogP contribution >= 0.6 is 0 Å². The van der Waals surface area contributed by atoms with Crippen LogP contribution in [0.25, 0.3) is 0 Å². The molecule has 2 aromatic rings. The van der Waals surface area contributed by atoms with Gasteiger partial charge in [-0.05, 0) is 29.7 Å². The van der Waals surface area contributed by atoms with Crippen LogP contribution in [-0.4, -0.2) is 17.0 Å². The van der Waals surface area contributed by atoms with E-state index in [1.807, 2.05) is 25.3 Å². The summed E-state index contributed by atoms with van der Waals surface area (Å²) in [5, 5.41) is 0. The number of aromatic nitrogens is 1. The number of hydrogen-bond acceptors (Lipinski definition) is 3. The number of hydrogen-bond donors (Lipinski definition) is 0. The van der Waals surface area contributed by atoms with E-state index in [0.29, 0.717) is 5.90 Å². The van der Waals surface area contributed by atoms with E-state index in [-0.39, 0.29) is 12.1 Å². The minimum atomic E-state index is 0.148. The van der Waals surface area contributed by atoms with Gasteiger partial charge in [-0.25, -0.2) is 4.99 Å². The second-order valence-electron chi connectivity index (χ2n) is 5.16. The second kappa shape index (κ2) is 3.92. The molecule has 1 aliphatic carbocycles. The molecule has 1 aromatic heterocycles. The first-order valence-corrected chi connectivity index (χ1v) is 6.56. The van der Waals surface area contributed by atoms with Crippen LogP contribution in [0, 0.1) is 6.92 Å². The van der Waals surface area contributed by atoms with E-state index < -0.39 is 0 Å². The average Bonchev–Trinajstić information content (AvgIpc) is 2.97. The minimum Gasteiger partial charge on any atom is -0.470 e. The third-order valence-corrected chi connectivity index (χ3v) is 3.80. The molecule has 4 rings (SSSR count). The Balaban J connectivity index is 1.71. The van der Waals surface area contributed by atoms with E-state index in [4.69, 9.17) is 9.73 Å². The number of benzene rings is 1. The topological polar surface area (TPSA) is 34.5 Å². The second-order valence-corrected chi connectivity index (χ2v) is 5.16. The zero-order valence-corrected chi connectivity index (χ0v) is 10.7. The third-order valence-electron chi connectivity index (χ3n) is 3.80. The smallest absolute Gasteiger partial charge is 0.236 e. The summed E-state index contributed by atoms with van der Waals surface area (Å²) < 4.78 is 5.98. The van der Waals surface area contributed by atoms with E-state index in [2.05, 4.69) is 29.2 Å². The van der Waals surface area contributed by atoms with Crippen LogP contribution in [0.3, 0.4) is 0 Å². The molecule has 2 atom stereocenters. The Morgan fingerprint density at radius 2 is 2.05 bits per heavy atom. The van der Waals surface area contributed by atoms with Gasteiger partial charge in [0.25, 0.3) is 0 Å². The fourth-order valence-electron chi connectivity index (χ4n) is 2.82. The number of ether oxygens (including phenoxy) is 1. The Kier molecular flexibility index (Phi) is 2.21. The molecule has 2 heterocycles. The van der Waals surface area contributed by atoms with Gasteiger partial charge in [0.1, 0.15) is 17.8 Å². The van der Waals surface area contributed by atoms with Crippen LogP contribution in [0.15, 0.2) is 47.6 Å². The number of nitrogens with zero attached hydrogens (tertiary/aromatic N) is 2. The molecular formula is C16H14N2O. The standard InChI is InChI=1S/C16H14N2O/c1-10-6-7-13(17-9-10)16-18-15-12-5-3-2-4-11(12)8-14(15)19-16/h2-7,9,14-15H,8H2,1H3/t14-,15+/m0/s1. The summed E-state index contributed by atoms with van der Waals surface area (Å²) in [6.45, 7) is 2.03. The van der Waals surface area contributed by atoms with E-state index in [1.165, 1.54) is 11.1 Å². The maximum Gasteiger partial charge on any atom is 0.236 e. The van der Waals surface area contributed by atoms with Gasteiger partial charge in [-0.1, -0.05) is 30.3 Å². The number of pyridine rings is 1. The van der Waals surface area contributed by atoms with Crippen LogP contribution in [-0.2, 0) is 11.2 Å². The van der Waals surface area contributed by atoms with Crippen LogP contribution in [0.4, 0.5) is 0 Å². The monoisotopic (exact) mass is 250 g/mol. The predicted molar refractivity (Wildman–Crippen MR) is 73.3 cm³/mol. The average molecular weight is 250 g/mol. The highest BCUT2D eigenvalue weighted by Gasteiger charge is 2.39. The molecule has 0 fully saturated rings. The van der Waals surface area contributed by atoms with Crippen molar-refractivity contribution in [1.29, 1.82) is 0 Å². The van der Waals surface area contributed by atoms with Crippen molar-refractivity contribution in [3.05, 3.63) is 65.0 Å². The molecular weight excluding hydrogens is 236 g/mol. The minimum absolute atomic E-state index is 0.148. The zero-order valence-electron chi connectivity index (χ0n) is 10.7. The lowest BCUT2D eigenvalue weighted by Crippen LogP contribution is -2.14. The van der Waals surface area contributed by atoms with Crippen LogP contribution in [0.5, 0.6) is 0 Å². The Hall–Kier alpha value is -2.16. The lowest BCUT2D eigenvalue weighted by Gasteiger charge is -2.08. The molecule has 94 valence electrons. The number of rotatable bonds is 1. The maximum absolute atomic E-state index is 5.98. The summed E-state index contributed by atoms with van der Waals surface area (Å²) in [5.74, 6) is 0.685. The molecule has 1 aromatic carbocycles. The van der Waals surface area contributed by atoms with Crippen molar-refractivity contribution in [2.75, 3.05) is 0 Å². The normalized spacial score (nSPS) is 23.5. The lowest BCUT2D eigenvalue weighted by molar-refractivity contribution is 0.206. The van der Waals surface area contributed by atoms with Gasteiger partial charge >= 0.3 is 0 Å². The summed E-state index contributed by atoms with van der Waals surface area (Å²) in [6.07, 6.45) is 2.94. The molecule has 0 radical (unpaired) electrons. The first-order valence-electron chi connectivity index (χ1n) is 6.56. The lowest BCUT2D eigenvalue weighted by atomic mass is 10.1. The molecule has 0 unspecified atom stereocenters. The molecule has 3 heteroatoms. The van der Waals surface area contributed by atoms with Crippen molar-refractivity contribution >= 4 is 5.90 Å². The SMILES string of the molecule is Cc1ccc(C2=N[C@@H]3c4ccccc4C[C@@H]3O2)nc1. The van der Waals surface area contributed by atoms with Crippen LogP contribution < -0.4 is 0 Å². The van der Waals surface area contributed by atoms with Gasteiger partial charge in [-0.2, -0.15) is 0 Å². The highest BCUT2D eigenvalue weighted by molar-refractivity contribution is 5.93. The molecule has 0 amide bonds. The highest BCUT2D eigenvalue weighted by Crippen LogP contribution is 2.40. The molecule has 1 aliphatic heterocycles. The Morgan fingerprint density at radius 1 is 1.16 bits per heavy atom. The Labute approximate surface area is 112 Å². The van der Waals surface area contributed by atoms with Gasteiger partial charge in [0.05, 0.1) is 0 Å². The van der Waals surface area contributed by atoms with E-state index in [0.717, 1.165) is 17.7 Å². The van der Waals surface area contributed by atoms with Crippen molar-refractivity contribution in [1.82, 2.24) is 4.98 Å². The molecule has 0 saturated heterocycles. The summed E-state index contributed by atoms with van der Waals surface area (Å²) in [4.78, 5) is 9.11. The number of aliphatic imine (C=N–C) groups is 1. The van der Waals surface area contributed by atoms with E-state index in [9.17, 15) is 0 Å². The van der Waals surface area contributed by atoms with Crippen molar-refractivity contribution in [3.63, 3.8) is 0 Å². The van der Waals surface area contributed by atoms with Gasteiger partial charge < -0.3 is 4.74 Å². The third kappa shape index (κ3) is 1.65. The van der Waals surface area contributed by atoms with Gasteiger partial charge in [0, 0.05) is 12.6 Å². The quantitative estimate of drug-likeness (QED) is 0.780. The van der Waals surface area contributed by atoms with Crippen molar-refractivity contribution in [3.8, 4) is 0 Å². The van der Waals surface area contributed by atoms with Gasteiger partial charge in [-0.3, -0.25) is 4.98 Å².